The van der Waals surface area contributed by atoms with Crippen LogP contribution in [0, 0.1) is 5.41 Å². The highest BCUT2D eigenvalue weighted by molar-refractivity contribution is 9.10. The van der Waals surface area contributed by atoms with E-state index in [0.29, 0.717) is 17.1 Å². The van der Waals surface area contributed by atoms with Gasteiger partial charge in [-0.1, -0.05) is 42.8 Å². The van der Waals surface area contributed by atoms with Crippen molar-refractivity contribution in [2.45, 2.75) is 20.8 Å². The van der Waals surface area contributed by atoms with Crippen molar-refractivity contribution in [2.75, 3.05) is 17.2 Å². The molecule has 0 aliphatic heterocycles. The van der Waals surface area contributed by atoms with Crippen LogP contribution in [0.2, 0.25) is 0 Å². The molecule has 0 unspecified atom stereocenters. The van der Waals surface area contributed by atoms with Crippen LogP contribution in [0.25, 0.3) is 0 Å². The third kappa shape index (κ3) is 6.23. The first-order valence-corrected chi connectivity index (χ1v) is 8.63. The van der Waals surface area contributed by atoms with Gasteiger partial charge in [0, 0.05) is 21.3 Å². The van der Waals surface area contributed by atoms with Gasteiger partial charge in [0.05, 0.1) is 0 Å². The minimum atomic E-state index is -0.488. The molecule has 0 spiro atoms. The molecule has 0 atom stereocenters. The number of halogens is 1. The summed E-state index contributed by atoms with van der Waals surface area (Å²) in [6.07, 6.45) is 0. The van der Waals surface area contributed by atoms with Crippen molar-refractivity contribution in [3.05, 3.63) is 53.0 Å². The van der Waals surface area contributed by atoms with Crippen LogP contribution in [-0.2, 0) is 9.59 Å². The van der Waals surface area contributed by atoms with Gasteiger partial charge in [0.1, 0.15) is 5.75 Å². The van der Waals surface area contributed by atoms with E-state index in [1.165, 1.54) is 0 Å². The van der Waals surface area contributed by atoms with E-state index in [1.54, 1.807) is 36.4 Å². The Kier molecular flexibility index (Phi) is 6.20. The van der Waals surface area contributed by atoms with Gasteiger partial charge >= 0.3 is 0 Å². The molecule has 2 aromatic carbocycles. The molecule has 25 heavy (non-hydrogen) atoms. The Morgan fingerprint density at radius 3 is 2.20 bits per heavy atom. The number of carbonyl (C=O) groups is 2. The summed E-state index contributed by atoms with van der Waals surface area (Å²) in [5.41, 5.74) is 0.736. The SMILES string of the molecule is CC(C)(C)C(=O)Nc1cccc(NC(=O)COc2ccc(Br)cc2)c1. The van der Waals surface area contributed by atoms with Gasteiger partial charge in [-0.05, 0) is 42.5 Å². The second kappa shape index (κ2) is 8.16. The Labute approximate surface area is 155 Å². The molecule has 0 aliphatic rings. The van der Waals surface area contributed by atoms with E-state index in [0.717, 1.165) is 4.47 Å². The zero-order valence-electron chi connectivity index (χ0n) is 14.4. The number of rotatable bonds is 5. The van der Waals surface area contributed by atoms with E-state index in [1.807, 2.05) is 32.9 Å². The van der Waals surface area contributed by atoms with Gasteiger partial charge in [-0.2, -0.15) is 0 Å². The van der Waals surface area contributed by atoms with Crippen LogP contribution in [0.15, 0.2) is 53.0 Å². The fraction of sp³-hybridized carbons (Fsp3) is 0.263. The Morgan fingerprint density at radius 2 is 1.60 bits per heavy atom. The predicted octanol–water partition coefficient (Wildman–Crippen LogP) is 4.45. The van der Waals surface area contributed by atoms with Gasteiger partial charge in [-0.3, -0.25) is 9.59 Å². The van der Waals surface area contributed by atoms with Crippen LogP contribution in [0.3, 0.4) is 0 Å². The number of amides is 2. The van der Waals surface area contributed by atoms with Crippen LogP contribution in [-0.4, -0.2) is 18.4 Å². The molecule has 0 heterocycles. The number of anilines is 2. The summed E-state index contributed by atoms with van der Waals surface area (Å²) in [5.74, 6) is 0.251. The fourth-order valence-corrected chi connectivity index (χ4v) is 2.13. The zero-order chi connectivity index (χ0) is 18.4. The lowest BCUT2D eigenvalue weighted by Gasteiger charge is -2.18. The molecule has 5 nitrogen and oxygen atoms in total. The van der Waals surface area contributed by atoms with Crippen molar-refractivity contribution in [1.82, 2.24) is 0 Å². The van der Waals surface area contributed by atoms with E-state index in [9.17, 15) is 9.59 Å². The molecule has 0 bridgehead atoms. The summed E-state index contributed by atoms with van der Waals surface area (Å²) in [6, 6.07) is 14.2. The van der Waals surface area contributed by atoms with Crippen LogP contribution in [0.1, 0.15) is 20.8 Å². The van der Waals surface area contributed by atoms with Crippen molar-refractivity contribution in [2.24, 2.45) is 5.41 Å². The molecule has 2 N–H and O–H groups in total. The van der Waals surface area contributed by atoms with E-state index >= 15 is 0 Å². The molecule has 0 fully saturated rings. The molecule has 0 aliphatic carbocycles. The second-order valence-corrected chi connectivity index (χ2v) is 7.49. The first-order valence-electron chi connectivity index (χ1n) is 7.84. The van der Waals surface area contributed by atoms with Gasteiger partial charge in [0.25, 0.3) is 5.91 Å². The first-order chi connectivity index (χ1) is 11.7. The lowest BCUT2D eigenvalue weighted by Crippen LogP contribution is -2.27. The minimum Gasteiger partial charge on any atom is -0.484 e. The number of ether oxygens (including phenoxy) is 1. The lowest BCUT2D eigenvalue weighted by atomic mass is 9.95. The third-order valence-electron chi connectivity index (χ3n) is 3.27. The van der Waals surface area contributed by atoms with Gasteiger partial charge in [-0.15, -0.1) is 0 Å². The largest absolute Gasteiger partial charge is 0.484 e. The number of hydrogen-bond donors (Lipinski definition) is 2. The predicted molar refractivity (Wildman–Crippen MR) is 103 cm³/mol. The van der Waals surface area contributed by atoms with Crippen LogP contribution < -0.4 is 15.4 Å². The molecular formula is C19H21BrN2O3. The molecule has 0 aromatic heterocycles. The first kappa shape index (κ1) is 19.0. The van der Waals surface area contributed by atoms with E-state index in [-0.39, 0.29) is 18.4 Å². The quantitative estimate of drug-likeness (QED) is 0.773. The van der Waals surface area contributed by atoms with E-state index in [2.05, 4.69) is 26.6 Å². The highest BCUT2D eigenvalue weighted by Crippen LogP contribution is 2.20. The number of hydrogen-bond acceptors (Lipinski definition) is 3. The Balaban J connectivity index is 1.91. The molecule has 2 aromatic rings. The zero-order valence-corrected chi connectivity index (χ0v) is 16.0. The van der Waals surface area contributed by atoms with Gasteiger partial charge < -0.3 is 15.4 Å². The van der Waals surface area contributed by atoms with Crippen molar-refractivity contribution in [3.8, 4) is 5.75 Å². The fourth-order valence-electron chi connectivity index (χ4n) is 1.87. The monoisotopic (exact) mass is 404 g/mol. The molecule has 0 radical (unpaired) electrons. The maximum absolute atomic E-state index is 12.0. The summed E-state index contributed by atoms with van der Waals surface area (Å²) in [4.78, 5) is 24.0. The number of carbonyl (C=O) groups excluding carboxylic acids is 2. The smallest absolute Gasteiger partial charge is 0.262 e. The van der Waals surface area contributed by atoms with Crippen molar-refractivity contribution >= 4 is 39.1 Å². The third-order valence-corrected chi connectivity index (χ3v) is 3.80. The van der Waals surface area contributed by atoms with Gasteiger partial charge in [-0.25, -0.2) is 0 Å². The maximum atomic E-state index is 12.0. The minimum absolute atomic E-state index is 0.0884. The lowest BCUT2D eigenvalue weighted by molar-refractivity contribution is -0.123. The number of benzene rings is 2. The topological polar surface area (TPSA) is 67.4 Å². The normalized spacial score (nSPS) is 10.9. The molecule has 0 saturated heterocycles. The van der Waals surface area contributed by atoms with Crippen molar-refractivity contribution < 1.29 is 14.3 Å². The number of nitrogens with one attached hydrogen (secondary N) is 2. The van der Waals surface area contributed by atoms with Crippen LogP contribution >= 0.6 is 15.9 Å². The molecule has 0 saturated carbocycles. The average Bonchev–Trinajstić information content (AvgIpc) is 2.54. The second-order valence-electron chi connectivity index (χ2n) is 6.58. The van der Waals surface area contributed by atoms with Crippen molar-refractivity contribution in [3.63, 3.8) is 0 Å². The average molecular weight is 405 g/mol. The summed E-state index contributed by atoms with van der Waals surface area (Å²) in [7, 11) is 0. The maximum Gasteiger partial charge on any atom is 0.262 e. The molecule has 2 amide bonds. The van der Waals surface area contributed by atoms with E-state index in [4.69, 9.17) is 4.74 Å². The highest BCUT2D eigenvalue weighted by atomic mass is 79.9. The Hall–Kier alpha value is -2.34. The summed E-state index contributed by atoms with van der Waals surface area (Å²) in [6.45, 7) is 5.43. The van der Waals surface area contributed by atoms with E-state index < -0.39 is 5.41 Å². The Morgan fingerprint density at radius 1 is 1.00 bits per heavy atom. The summed E-state index contributed by atoms with van der Waals surface area (Å²) in [5, 5.41) is 5.58. The molecule has 132 valence electrons. The van der Waals surface area contributed by atoms with Crippen molar-refractivity contribution in [1.29, 1.82) is 0 Å². The van der Waals surface area contributed by atoms with Gasteiger partial charge in [0.15, 0.2) is 6.61 Å². The summed E-state index contributed by atoms with van der Waals surface area (Å²) >= 11 is 3.34. The highest BCUT2D eigenvalue weighted by Gasteiger charge is 2.21. The molecular weight excluding hydrogens is 384 g/mol. The Bertz CT molecular complexity index is 752. The van der Waals surface area contributed by atoms with Gasteiger partial charge in [0.2, 0.25) is 5.91 Å². The summed E-state index contributed by atoms with van der Waals surface area (Å²) < 4.78 is 6.37. The molecule has 2 rings (SSSR count). The van der Waals surface area contributed by atoms with Crippen LogP contribution in [0.4, 0.5) is 11.4 Å². The molecule has 6 heteroatoms. The standard InChI is InChI=1S/C19H21BrN2O3/c1-19(2,3)18(24)22-15-6-4-5-14(11-15)21-17(23)12-25-16-9-7-13(20)8-10-16/h4-11H,12H2,1-3H3,(H,21,23)(H,22,24). The van der Waals surface area contributed by atoms with Crippen LogP contribution in [0.5, 0.6) is 5.75 Å².